The predicted octanol–water partition coefficient (Wildman–Crippen LogP) is 3.22. The summed E-state index contributed by atoms with van der Waals surface area (Å²) in [5.74, 6) is 1.13. The number of rotatable bonds is 6. The van der Waals surface area contributed by atoms with Crippen LogP contribution >= 0.6 is 0 Å². The maximum atomic E-state index is 9.81. The summed E-state index contributed by atoms with van der Waals surface area (Å²) in [7, 11) is 0. The van der Waals surface area contributed by atoms with E-state index in [0.29, 0.717) is 11.8 Å². The molecule has 2 atom stereocenters. The second kappa shape index (κ2) is 6.47. The summed E-state index contributed by atoms with van der Waals surface area (Å²) in [5.41, 5.74) is 0. The molecule has 0 aliphatic rings. The fraction of sp³-hybridized carbons (Fsp3) is 1.00. The molecule has 0 unspecified atom stereocenters. The van der Waals surface area contributed by atoms with Gasteiger partial charge in [0.05, 0.1) is 6.10 Å². The summed E-state index contributed by atoms with van der Waals surface area (Å²) in [6, 6.07) is 0. The first-order chi connectivity index (χ1) is 5.63. The van der Waals surface area contributed by atoms with E-state index in [-0.39, 0.29) is 6.10 Å². The Balaban J connectivity index is 3.90. The summed E-state index contributed by atoms with van der Waals surface area (Å²) < 4.78 is 0. The Morgan fingerprint density at radius 1 is 1.00 bits per heavy atom. The molecular formula is C11H24O. The lowest BCUT2D eigenvalue weighted by Gasteiger charge is -2.25. The van der Waals surface area contributed by atoms with Crippen LogP contribution in [0.4, 0.5) is 0 Å². The molecule has 1 heteroatoms. The van der Waals surface area contributed by atoms with E-state index in [1.807, 2.05) is 0 Å². The van der Waals surface area contributed by atoms with Crippen LogP contribution in [0.25, 0.3) is 0 Å². The molecular weight excluding hydrogens is 148 g/mol. The molecule has 0 saturated carbocycles. The SMILES string of the molecule is CCC[C@H](C(C)C)[C@@H](O)CCC. The molecule has 0 aromatic rings. The minimum absolute atomic E-state index is 0.0741. The number of hydrogen-bond donors (Lipinski definition) is 1. The zero-order valence-corrected chi connectivity index (χ0v) is 9.01. The maximum absolute atomic E-state index is 9.81. The lowest BCUT2D eigenvalue weighted by molar-refractivity contribution is 0.0674. The van der Waals surface area contributed by atoms with Crippen LogP contribution in [0.1, 0.15) is 53.4 Å². The molecule has 0 radical (unpaired) electrons. The molecule has 0 fully saturated rings. The van der Waals surface area contributed by atoms with Crippen molar-refractivity contribution in [3.05, 3.63) is 0 Å². The molecule has 0 spiro atoms. The van der Waals surface area contributed by atoms with E-state index in [0.717, 1.165) is 12.8 Å². The highest BCUT2D eigenvalue weighted by Gasteiger charge is 2.20. The van der Waals surface area contributed by atoms with Crippen molar-refractivity contribution in [2.75, 3.05) is 0 Å². The van der Waals surface area contributed by atoms with Crippen molar-refractivity contribution in [2.24, 2.45) is 11.8 Å². The highest BCUT2D eigenvalue weighted by molar-refractivity contribution is 4.71. The van der Waals surface area contributed by atoms with E-state index in [9.17, 15) is 5.11 Å². The van der Waals surface area contributed by atoms with Gasteiger partial charge in [-0.1, -0.05) is 40.5 Å². The molecule has 0 rings (SSSR count). The second-order valence-electron chi connectivity index (χ2n) is 4.05. The molecule has 0 saturated heterocycles. The number of hydrogen-bond acceptors (Lipinski definition) is 1. The lowest BCUT2D eigenvalue weighted by atomic mass is 9.85. The van der Waals surface area contributed by atoms with Gasteiger partial charge in [0.2, 0.25) is 0 Å². The van der Waals surface area contributed by atoms with Gasteiger partial charge in [-0.2, -0.15) is 0 Å². The Bertz CT molecular complexity index is 99.2. The van der Waals surface area contributed by atoms with Crippen molar-refractivity contribution in [3.8, 4) is 0 Å². The average molecular weight is 172 g/mol. The van der Waals surface area contributed by atoms with Gasteiger partial charge in [-0.05, 0) is 24.7 Å². The summed E-state index contributed by atoms with van der Waals surface area (Å²) in [6.45, 7) is 8.74. The van der Waals surface area contributed by atoms with Crippen LogP contribution in [0.3, 0.4) is 0 Å². The molecule has 1 N–H and O–H groups in total. The molecule has 0 heterocycles. The Hall–Kier alpha value is -0.0400. The molecule has 74 valence electrons. The largest absolute Gasteiger partial charge is 0.393 e. The lowest BCUT2D eigenvalue weighted by Crippen LogP contribution is -2.24. The van der Waals surface area contributed by atoms with E-state index in [2.05, 4.69) is 27.7 Å². The van der Waals surface area contributed by atoms with E-state index < -0.39 is 0 Å². The van der Waals surface area contributed by atoms with Gasteiger partial charge in [0, 0.05) is 0 Å². The average Bonchev–Trinajstić information content (AvgIpc) is 1.99. The predicted molar refractivity (Wildman–Crippen MR) is 54.2 cm³/mol. The molecule has 0 aromatic carbocycles. The first-order valence-corrected chi connectivity index (χ1v) is 5.31. The van der Waals surface area contributed by atoms with Gasteiger partial charge in [0.25, 0.3) is 0 Å². The smallest absolute Gasteiger partial charge is 0.0570 e. The van der Waals surface area contributed by atoms with E-state index >= 15 is 0 Å². The zero-order valence-electron chi connectivity index (χ0n) is 9.01. The second-order valence-corrected chi connectivity index (χ2v) is 4.05. The summed E-state index contributed by atoms with van der Waals surface area (Å²) in [5, 5.41) is 9.81. The number of aliphatic hydroxyl groups excluding tert-OH is 1. The third-order valence-electron chi connectivity index (χ3n) is 2.56. The third-order valence-corrected chi connectivity index (χ3v) is 2.56. The number of aliphatic hydroxyl groups is 1. The third kappa shape index (κ3) is 4.10. The highest BCUT2D eigenvalue weighted by atomic mass is 16.3. The van der Waals surface area contributed by atoms with Crippen LogP contribution in [0, 0.1) is 11.8 Å². The first kappa shape index (κ1) is 12.0. The van der Waals surface area contributed by atoms with Gasteiger partial charge >= 0.3 is 0 Å². The summed E-state index contributed by atoms with van der Waals surface area (Å²) >= 11 is 0. The molecule has 0 bridgehead atoms. The Morgan fingerprint density at radius 2 is 1.50 bits per heavy atom. The highest BCUT2D eigenvalue weighted by Crippen LogP contribution is 2.23. The van der Waals surface area contributed by atoms with Crippen LogP contribution in [-0.4, -0.2) is 11.2 Å². The van der Waals surface area contributed by atoms with Crippen molar-refractivity contribution in [2.45, 2.75) is 59.5 Å². The van der Waals surface area contributed by atoms with E-state index in [1.54, 1.807) is 0 Å². The van der Waals surface area contributed by atoms with Gasteiger partial charge in [0.1, 0.15) is 0 Å². The Morgan fingerprint density at radius 3 is 1.83 bits per heavy atom. The molecule has 0 aromatic heterocycles. The van der Waals surface area contributed by atoms with Crippen molar-refractivity contribution < 1.29 is 5.11 Å². The van der Waals surface area contributed by atoms with Crippen molar-refractivity contribution >= 4 is 0 Å². The minimum Gasteiger partial charge on any atom is -0.393 e. The van der Waals surface area contributed by atoms with Crippen LogP contribution in [0.2, 0.25) is 0 Å². The summed E-state index contributed by atoms with van der Waals surface area (Å²) in [4.78, 5) is 0. The fourth-order valence-corrected chi connectivity index (χ4v) is 1.81. The van der Waals surface area contributed by atoms with Crippen LogP contribution < -0.4 is 0 Å². The fourth-order valence-electron chi connectivity index (χ4n) is 1.81. The van der Waals surface area contributed by atoms with Crippen LogP contribution in [0.5, 0.6) is 0 Å². The monoisotopic (exact) mass is 172 g/mol. The van der Waals surface area contributed by atoms with Crippen LogP contribution in [-0.2, 0) is 0 Å². The normalized spacial score (nSPS) is 16.5. The molecule has 1 nitrogen and oxygen atoms in total. The van der Waals surface area contributed by atoms with Gasteiger partial charge in [-0.25, -0.2) is 0 Å². The van der Waals surface area contributed by atoms with Crippen LogP contribution in [0.15, 0.2) is 0 Å². The molecule has 0 aliphatic carbocycles. The summed E-state index contributed by atoms with van der Waals surface area (Å²) in [6.07, 6.45) is 4.33. The van der Waals surface area contributed by atoms with Crippen molar-refractivity contribution in [1.29, 1.82) is 0 Å². The quantitative estimate of drug-likeness (QED) is 0.652. The first-order valence-electron chi connectivity index (χ1n) is 5.31. The molecule has 12 heavy (non-hydrogen) atoms. The van der Waals surface area contributed by atoms with Gasteiger partial charge in [-0.15, -0.1) is 0 Å². The van der Waals surface area contributed by atoms with Crippen molar-refractivity contribution in [1.82, 2.24) is 0 Å². The molecule has 0 aliphatic heterocycles. The topological polar surface area (TPSA) is 20.2 Å². The van der Waals surface area contributed by atoms with Crippen molar-refractivity contribution in [3.63, 3.8) is 0 Å². The van der Waals surface area contributed by atoms with Gasteiger partial charge in [-0.3, -0.25) is 0 Å². The molecule has 0 amide bonds. The maximum Gasteiger partial charge on any atom is 0.0570 e. The standard InChI is InChI=1S/C11H24O/c1-5-7-10(9(3)4)11(12)8-6-2/h9-12H,5-8H2,1-4H3/t10-,11+/m1/s1. The van der Waals surface area contributed by atoms with Gasteiger partial charge in [0.15, 0.2) is 0 Å². The Kier molecular flexibility index (Phi) is 6.45. The van der Waals surface area contributed by atoms with Gasteiger partial charge < -0.3 is 5.11 Å². The zero-order chi connectivity index (χ0) is 9.56. The minimum atomic E-state index is -0.0741. The van der Waals surface area contributed by atoms with E-state index in [4.69, 9.17) is 0 Å². The van der Waals surface area contributed by atoms with E-state index in [1.165, 1.54) is 12.8 Å². The Labute approximate surface area is 77.2 Å².